The number of rotatable bonds is 6. The van der Waals surface area contributed by atoms with Crippen molar-refractivity contribution in [1.82, 2.24) is 24.7 Å². The van der Waals surface area contributed by atoms with E-state index in [1.54, 1.807) is 10.7 Å². The van der Waals surface area contributed by atoms with Crippen molar-refractivity contribution < 1.29 is 4.74 Å². The Morgan fingerprint density at radius 1 is 1.13 bits per heavy atom. The molecule has 1 saturated heterocycles. The highest BCUT2D eigenvalue weighted by Gasteiger charge is 2.43. The van der Waals surface area contributed by atoms with Crippen LogP contribution in [0.3, 0.4) is 0 Å². The third-order valence-corrected chi connectivity index (χ3v) is 6.46. The molecule has 0 spiro atoms. The normalized spacial score (nSPS) is 22.5. The Morgan fingerprint density at radius 2 is 1.94 bits per heavy atom. The van der Waals surface area contributed by atoms with Gasteiger partial charge in [0.15, 0.2) is 0 Å². The Labute approximate surface area is 190 Å². The highest BCUT2D eigenvalue weighted by Crippen LogP contribution is 2.40. The summed E-state index contributed by atoms with van der Waals surface area (Å²) < 4.78 is 7.69. The van der Waals surface area contributed by atoms with Gasteiger partial charge in [-0.1, -0.05) is 29.3 Å². The Kier molecular flexibility index (Phi) is 5.58. The first-order valence-corrected chi connectivity index (χ1v) is 11.2. The van der Waals surface area contributed by atoms with E-state index in [0.29, 0.717) is 52.3 Å². The van der Waals surface area contributed by atoms with E-state index in [9.17, 15) is 0 Å². The second-order valence-electron chi connectivity index (χ2n) is 7.96. The van der Waals surface area contributed by atoms with Crippen LogP contribution in [0.5, 0.6) is 11.8 Å². The second kappa shape index (κ2) is 8.51. The van der Waals surface area contributed by atoms with Gasteiger partial charge >= 0.3 is 6.01 Å². The Bertz CT molecular complexity index is 1060. The van der Waals surface area contributed by atoms with E-state index in [-0.39, 0.29) is 0 Å². The fraction of sp³-hybridized carbons (Fsp3) is 0.429. The standard InChI is InChI=1S/C21H23Cl2N7O/c1-2-30-21(31-16-5-3-4-15(22)8-16)27-20(28-30)26-19-13-6-7-14(19)11-29(10-13)18-9-17(23)24-12-25-18/h3-5,8-9,12-14,19H,2,6-7,10-11H2,1H3,(H,26,28)/t13-,14+,19+. The molecule has 2 aliphatic rings. The predicted molar refractivity (Wildman–Crippen MR) is 120 cm³/mol. The molecule has 3 atom stereocenters. The minimum Gasteiger partial charge on any atom is -0.424 e. The highest BCUT2D eigenvalue weighted by molar-refractivity contribution is 6.30. The van der Waals surface area contributed by atoms with Gasteiger partial charge in [-0.3, -0.25) is 0 Å². The van der Waals surface area contributed by atoms with Gasteiger partial charge in [0.2, 0.25) is 5.95 Å². The van der Waals surface area contributed by atoms with Crippen molar-refractivity contribution in [2.45, 2.75) is 32.4 Å². The fourth-order valence-electron chi connectivity index (χ4n) is 4.60. The van der Waals surface area contributed by atoms with Crippen molar-refractivity contribution in [3.63, 3.8) is 0 Å². The van der Waals surface area contributed by atoms with Crippen LogP contribution < -0.4 is 15.0 Å². The SMILES string of the molecule is CCn1nc(N[C@H]2[C@@H]3CC[C@H]2CN(c2cc(Cl)ncn2)C3)nc1Oc1cccc(Cl)c1. The molecule has 3 heterocycles. The quantitative estimate of drug-likeness (QED) is 0.542. The molecule has 2 bridgehead atoms. The van der Waals surface area contributed by atoms with Gasteiger partial charge in [0.25, 0.3) is 0 Å². The third-order valence-electron chi connectivity index (χ3n) is 6.02. The topological polar surface area (TPSA) is 81.0 Å². The van der Waals surface area contributed by atoms with E-state index in [1.165, 1.54) is 6.33 Å². The maximum atomic E-state index is 6.07. The minimum atomic E-state index is 0.320. The number of benzene rings is 1. The van der Waals surface area contributed by atoms with E-state index < -0.39 is 0 Å². The lowest BCUT2D eigenvalue weighted by molar-refractivity contribution is 0.374. The molecule has 2 aromatic heterocycles. The molecular formula is C21H23Cl2N7O. The van der Waals surface area contributed by atoms with Gasteiger partial charge in [0, 0.05) is 36.8 Å². The Morgan fingerprint density at radius 3 is 2.65 bits per heavy atom. The van der Waals surface area contributed by atoms with Crippen LogP contribution in [0, 0.1) is 11.8 Å². The molecule has 31 heavy (non-hydrogen) atoms. The van der Waals surface area contributed by atoms with E-state index in [1.807, 2.05) is 31.2 Å². The number of nitrogens with one attached hydrogen (secondary N) is 1. The van der Waals surface area contributed by atoms with Gasteiger partial charge in [0.1, 0.15) is 23.0 Å². The summed E-state index contributed by atoms with van der Waals surface area (Å²) >= 11 is 12.1. The van der Waals surface area contributed by atoms with Crippen LogP contribution in [0.2, 0.25) is 10.2 Å². The monoisotopic (exact) mass is 459 g/mol. The zero-order chi connectivity index (χ0) is 21.4. The number of aryl methyl sites for hydroxylation is 1. The fourth-order valence-corrected chi connectivity index (χ4v) is 4.92. The number of ether oxygens (including phenoxy) is 1. The maximum Gasteiger partial charge on any atom is 0.322 e. The zero-order valence-corrected chi connectivity index (χ0v) is 18.6. The molecule has 8 nitrogen and oxygen atoms in total. The van der Waals surface area contributed by atoms with Gasteiger partial charge in [-0.05, 0) is 49.8 Å². The van der Waals surface area contributed by atoms with Crippen molar-refractivity contribution >= 4 is 35.0 Å². The average Bonchev–Trinajstić information content (AvgIpc) is 3.23. The largest absolute Gasteiger partial charge is 0.424 e. The molecule has 162 valence electrons. The highest BCUT2D eigenvalue weighted by atomic mass is 35.5. The molecule has 1 aromatic carbocycles. The van der Waals surface area contributed by atoms with Gasteiger partial charge in [-0.25, -0.2) is 14.6 Å². The van der Waals surface area contributed by atoms with Crippen molar-refractivity contribution in [2.75, 3.05) is 23.3 Å². The molecular weight excluding hydrogens is 437 g/mol. The molecule has 1 N–H and O–H groups in total. The number of nitrogens with zero attached hydrogens (tertiary/aromatic N) is 6. The molecule has 5 rings (SSSR count). The average molecular weight is 460 g/mol. The third kappa shape index (κ3) is 4.27. The molecule has 0 radical (unpaired) electrons. The molecule has 1 aliphatic carbocycles. The molecule has 1 aliphatic heterocycles. The van der Waals surface area contributed by atoms with Crippen LogP contribution >= 0.6 is 23.2 Å². The lowest BCUT2D eigenvalue weighted by Crippen LogP contribution is -2.48. The van der Waals surface area contributed by atoms with Gasteiger partial charge in [-0.2, -0.15) is 4.98 Å². The van der Waals surface area contributed by atoms with Crippen molar-refractivity contribution in [3.05, 3.63) is 46.8 Å². The predicted octanol–water partition coefficient (Wildman–Crippen LogP) is 4.51. The van der Waals surface area contributed by atoms with E-state index in [4.69, 9.17) is 27.9 Å². The molecule has 0 amide bonds. The van der Waals surface area contributed by atoms with Crippen molar-refractivity contribution in [1.29, 1.82) is 0 Å². The van der Waals surface area contributed by atoms with E-state index in [2.05, 4.69) is 30.3 Å². The van der Waals surface area contributed by atoms with E-state index >= 15 is 0 Å². The molecule has 10 heteroatoms. The van der Waals surface area contributed by atoms with Gasteiger partial charge < -0.3 is 15.0 Å². The van der Waals surface area contributed by atoms with Gasteiger partial charge in [-0.15, -0.1) is 5.10 Å². The van der Waals surface area contributed by atoms with Crippen molar-refractivity contribution in [3.8, 4) is 11.8 Å². The van der Waals surface area contributed by atoms with E-state index in [0.717, 1.165) is 31.7 Å². The summed E-state index contributed by atoms with van der Waals surface area (Å²) in [6.45, 7) is 4.51. The summed E-state index contributed by atoms with van der Waals surface area (Å²) in [6, 6.07) is 9.87. The molecule has 0 unspecified atom stereocenters. The second-order valence-corrected chi connectivity index (χ2v) is 8.79. The summed E-state index contributed by atoms with van der Waals surface area (Å²) in [5.41, 5.74) is 0. The van der Waals surface area contributed by atoms with Crippen LogP contribution in [0.1, 0.15) is 19.8 Å². The maximum absolute atomic E-state index is 6.07. The molecule has 1 saturated carbocycles. The number of halogens is 2. The first kappa shape index (κ1) is 20.3. The summed E-state index contributed by atoms with van der Waals surface area (Å²) in [4.78, 5) is 15.3. The zero-order valence-electron chi connectivity index (χ0n) is 17.1. The number of hydrogen-bond donors (Lipinski definition) is 1. The number of aromatic nitrogens is 5. The summed E-state index contributed by atoms with van der Waals surface area (Å²) in [6.07, 6.45) is 3.85. The van der Waals surface area contributed by atoms with Crippen LogP contribution in [-0.2, 0) is 6.54 Å². The summed E-state index contributed by atoms with van der Waals surface area (Å²) in [5.74, 6) is 3.09. The Balaban J connectivity index is 1.30. The van der Waals surface area contributed by atoms with Gasteiger partial charge in [0.05, 0.1) is 0 Å². The first-order chi connectivity index (χ1) is 15.1. The smallest absolute Gasteiger partial charge is 0.322 e. The number of hydrogen-bond acceptors (Lipinski definition) is 7. The van der Waals surface area contributed by atoms with Crippen LogP contribution in [0.4, 0.5) is 11.8 Å². The van der Waals surface area contributed by atoms with Crippen LogP contribution in [-0.4, -0.2) is 43.9 Å². The minimum absolute atomic E-state index is 0.320. The Hall–Kier alpha value is -2.58. The lowest BCUT2D eigenvalue weighted by atomic mass is 9.92. The van der Waals surface area contributed by atoms with Crippen molar-refractivity contribution in [2.24, 2.45) is 11.8 Å². The van der Waals surface area contributed by atoms with Crippen LogP contribution in [0.15, 0.2) is 36.7 Å². The number of anilines is 2. The summed E-state index contributed by atoms with van der Waals surface area (Å²) in [7, 11) is 0. The lowest BCUT2D eigenvalue weighted by Gasteiger charge is -2.38. The first-order valence-electron chi connectivity index (χ1n) is 10.5. The molecule has 3 aromatic rings. The molecule has 2 fully saturated rings. The number of fused-ring (bicyclic) bond motifs is 2. The number of piperidine rings is 1. The van der Waals surface area contributed by atoms with Crippen LogP contribution in [0.25, 0.3) is 0 Å². The summed E-state index contributed by atoms with van der Waals surface area (Å²) in [5, 5.41) is 9.28.